The minimum atomic E-state index is -0.241. The summed E-state index contributed by atoms with van der Waals surface area (Å²) in [5, 5.41) is 7.29. The maximum absolute atomic E-state index is 11.1. The molecule has 0 radical (unpaired) electrons. The summed E-state index contributed by atoms with van der Waals surface area (Å²) in [6.07, 6.45) is 8.49. The zero-order valence-electron chi connectivity index (χ0n) is 18.5. The number of likely N-dealkylation sites (tertiary alicyclic amines) is 3. The van der Waals surface area contributed by atoms with E-state index in [0.717, 1.165) is 38.4 Å². The van der Waals surface area contributed by atoms with Gasteiger partial charge in [-0.1, -0.05) is 6.42 Å². The first-order valence-electron chi connectivity index (χ1n) is 11.4. The number of nitrogens with two attached hydrogens (primary N) is 1. The van der Waals surface area contributed by atoms with E-state index in [4.69, 9.17) is 5.73 Å². The third-order valence-electron chi connectivity index (χ3n) is 7.06. The molecule has 3 fully saturated rings. The third-order valence-corrected chi connectivity index (χ3v) is 7.06. The standard InChI is InChI=1S/C21H41N7O/c1-23-20(25-18-6-12-27(13-7-18)16-19(22)29)24-17-21(8-14-26(2)15-9-21)28-10-4-3-5-11-28/h18H,3-17H2,1-2H3,(H2,22,29)(H2,23,24,25). The highest BCUT2D eigenvalue weighted by Crippen LogP contribution is 2.30. The van der Waals surface area contributed by atoms with Crippen LogP contribution in [0.15, 0.2) is 4.99 Å². The number of piperidine rings is 3. The molecule has 0 atom stereocenters. The number of carbonyl (C=O) groups is 1. The van der Waals surface area contributed by atoms with Gasteiger partial charge in [-0.05, 0) is 71.8 Å². The Kier molecular flexibility index (Phi) is 8.15. The number of aliphatic imine (C=N–C) groups is 1. The molecule has 8 heteroatoms. The number of hydrogen-bond acceptors (Lipinski definition) is 5. The van der Waals surface area contributed by atoms with Crippen molar-refractivity contribution in [1.82, 2.24) is 25.3 Å². The Morgan fingerprint density at radius 2 is 1.72 bits per heavy atom. The monoisotopic (exact) mass is 407 g/mol. The fraction of sp³-hybridized carbons (Fsp3) is 0.905. The summed E-state index contributed by atoms with van der Waals surface area (Å²) in [7, 11) is 4.10. The topological polar surface area (TPSA) is 89.2 Å². The number of guanidine groups is 1. The summed E-state index contributed by atoms with van der Waals surface area (Å²) in [6, 6.07) is 0.397. The van der Waals surface area contributed by atoms with Crippen molar-refractivity contribution in [3.63, 3.8) is 0 Å². The SMILES string of the molecule is CN=C(NCC1(N2CCCCC2)CCN(C)CC1)NC1CCN(CC(N)=O)CC1. The van der Waals surface area contributed by atoms with Crippen LogP contribution in [-0.2, 0) is 4.79 Å². The highest BCUT2D eigenvalue weighted by Gasteiger charge is 2.39. The summed E-state index contributed by atoms with van der Waals surface area (Å²) in [4.78, 5) is 23.0. The van der Waals surface area contributed by atoms with E-state index in [1.54, 1.807) is 0 Å². The number of primary amides is 1. The molecule has 3 heterocycles. The molecule has 0 aromatic rings. The molecule has 0 aromatic carbocycles. The number of rotatable bonds is 6. The molecule has 8 nitrogen and oxygen atoms in total. The van der Waals surface area contributed by atoms with Crippen LogP contribution in [0, 0.1) is 0 Å². The van der Waals surface area contributed by atoms with Crippen molar-refractivity contribution in [2.75, 3.05) is 66.5 Å². The quantitative estimate of drug-likeness (QED) is 0.426. The normalized spacial score (nSPS) is 25.7. The lowest BCUT2D eigenvalue weighted by molar-refractivity contribution is -0.119. The Morgan fingerprint density at radius 1 is 1.07 bits per heavy atom. The maximum atomic E-state index is 11.1. The average Bonchev–Trinajstić information content (AvgIpc) is 2.74. The van der Waals surface area contributed by atoms with E-state index in [-0.39, 0.29) is 11.4 Å². The Labute approximate surface area is 176 Å². The van der Waals surface area contributed by atoms with Gasteiger partial charge in [0.05, 0.1) is 6.54 Å². The lowest BCUT2D eigenvalue weighted by Gasteiger charge is -2.50. The molecule has 4 N–H and O–H groups in total. The van der Waals surface area contributed by atoms with Crippen LogP contribution < -0.4 is 16.4 Å². The average molecular weight is 408 g/mol. The summed E-state index contributed by atoms with van der Waals surface area (Å²) >= 11 is 0. The molecule has 3 saturated heterocycles. The first-order valence-corrected chi connectivity index (χ1v) is 11.4. The molecule has 0 spiro atoms. The molecule has 0 saturated carbocycles. The molecular weight excluding hydrogens is 366 g/mol. The molecule has 0 unspecified atom stereocenters. The number of hydrogen-bond donors (Lipinski definition) is 3. The van der Waals surface area contributed by atoms with E-state index in [2.05, 4.69) is 37.4 Å². The molecule has 166 valence electrons. The summed E-state index contributed by atoms with van der Waals surface area (Å²) in [5.41, 5.74) is 5.57. The third kappa shape index (κ3) is 6.30. The molecular formula is C21H41N7O. The van der Waals surface area contributed by atoms with Gasteiger partial charge in [0.2, 0.25) is 5.91 Å². The van der Waals surface area contributed by atoms with Crippen molar-refractivity contribution in [3.8, 4) is 0 Å². The molecule has 29 heavy (non-hydrogen) atoms. The Bertz CT molecular complexity index is 545. The first kappa shape index (κ1) is 22.3. The number of nitrogens with one attached hydrogen (secondary N) is 2. The molecule has 3 rings (SSSR count). The van der Waals surface area contributed by atoms with Gasteiger partial charge in [0.1, 0.15) is 0 Å². The largest absolute Gasteiger partial charge is 0.369 e. The van der Waals surface area contributed by atoms with Crippen LogP contribution in [0.1, 0.15) is 44.9 Å². The zero-order valence-corrected chi connectivity index (χ0v) is 18.5. The van der Waals surface area contributed by atoms with Crippen LogP contribution >= 0.6 is 0 Å². The van der Waals surface area contributed by atoms with E-state index in [9.17, 15) is 4.79 Å². The Morgan fingerprint density at radius 3 is 2.31 bits per heavy atom. The molecule has 1 amide bonds. The van der Waals surface area contributed by atoms with Gasteiger partial charge in [-0.2, -0.15) is 0 Å². The first-order chi connectivity index (χ1) is 14.0. The van der Waals surface area contributed by atoms with E-state index in [1.807, 2.05) is 7.05 Å². The minimum absolute atomic E-state index is 0.241. The second-order valence-electron chi connectivity index (χ2n) is 9.16. The lowest BCUT2D eigenvalue weighted by atomic mass is 9.84. The number of nitrogens with zero attached hydrogens (tertiary/aromatic N) is 4. The predicted octanol–water partition coefficient (Wildman–Crippen LogP) is 0.0514. The second-order valence-corrected chi connectivity index (χ2v) is 9.16. The van der Waals surface area contributed by atoms with Crippen molar-refractivity contribution in [2.24, 2.45) is 10.7 Å². The molecule has 3 aliphatic heterocycles. The predicted molar refractivity (Wildman–Crippen MR) is 118 cm³/mol. The van der Waals surface area contributed by atoms with Crippen molar-refractivity contribution in [3.05, 3.63) is 0 Å². The van der Waals surface area contributed by atoms with Crippen LogP contribution in [0.5, 0.6) is 0 Å². The minimum Gasteiger partial charge on any atom is -0.369 e. The summed E-state index contributed by atoms with van der Waals surface area (Å²) < 4.78 is 0. The van der Waals surface area contributed by atoms with Gasteiger partial charge in [0, 0.05) is 38.3 Å². The van der Waals surface area contributed by atoms with Crippen LogP contribution in [0.2, 0.25) is 0 Å². The highest BCUT2D eigenvalue weighted by molar-refractivity contribution is 5.80. The molecule has 0 bridgehead atoms. The van der Waals surface area contributed by atoms with Gasteiger partial charge in [-0.15, -0.1) is 0 Å². The maximum Gasteiger partial charge on any atom is 0.231 e. The number of carbonyl (C=O) groups excluding carboxylic acids is 1. The fourth-order valence-electron chi connectivity index (χ4n) is 5.10. The fourth-order valence-corrected chi connectivity index (χ4v) is 5.10. The van der Waals surface area contributed by atoms with Crippen molar-refractivity contribution in [1.29, 1.82) is 0 Å². The van der Waals surface area contributed by atoms with Gasteiger partial charge < -0.3 is 21.3 Å². The van der Waals surface area contributed by atoms with E-state index in [0.29, 0.717) is 12.6 Å². The van der Waals surface area contributed by atoms with Gasteiger partial charge in [0.15, 0.2) is 5.96 Å². The molecule has 0 aliphatic carbocycles. The van der Waals surface area contributed by atoms with Crippen LogP contribution in [0.25, 0.3) is 0 Å². The van der Waals surface area contributed by atoms with Crippen molar-refractivity contribution in [2.45, 2.75) is 56.5 Å². The van der Waals surface area contributed by atoms with Crippen molar-refractivity contribution < 1.29 is 4.79 Å². The second kappa shape index (κ2) is 10.6. The summed E-state index contributed by atoms with van der Waals surface area (Å²) in [5.74, 6) is 0.670. The smallest absolute Gasteiger partial charge is 0.231 e. The van der Waals surface area contributed by atoms with E-state index >= 15 is 0 Å². The van der Waals surface area contributed by atoms with Crippen LogP contribution in [0.4, 0.5) is 0 Å². The highest BCUT2D eigenvalue weighted by atomic mass is 16.1. The Hall–Kier alpha value is -1.38. The zero-order chi connectivity index (χ0) is 20.7. The number of amides is 1. The van der Waals surface area contributed by atoms with Gasteiger partial charge in [-0.3, -0.25) is 19.6 Å². The van der Waals surface area contributed by atoms with Crippen LogP contribution in [0.3, 0.4) is 0 Å². The van der Waals surface area contributed by atoms with Gasteiger partial charge in [0.25, 0.3) is 0 Å². The Balaban J connectivity index is 1.52. The molecule has 0 aromatic heterocycles. The van der Waals surface area contributed by atoms with Crippen LogP contribution in [-0.4, -0.2) is 105 Å². The van der Waals surface area contributed by atoms with Gasteiger partial charge >= 0.3 is 0 Å². The van der Waals surface area contributed by atoms with E-state index in [1.165, 1.54) is 58.3 Å². The summed E-state index contributed by atoms with van der Waals surface area (Å²) in [6.45, 7) is 7.94. The molecule has 3 aliphatic rings. The lowest BCUT2D eigenvalue weighted by Crippen LogP contribution is -2.62. The van der Waals surface area contributed by atoms with E-state index < -0.39 is 0 Å². The van der Waals surface area contributed by atoms with Gasteiger partial charge in [-0.25, -0.2) is 0 Å². The van der Waals surface area contributed by atoms with Crippen molar-refractivity contribution >= 4 is 11.9 Å².